The molecule has 0 aliphatic rings. The summed E-state index contributed by atoms with van der Waals surface area (Å²) >= 11 is 0. The third kappa shape index (κ3) is 5.14. The van der Waals surface area contributed by atoms with Crippen LogP contribution in [0.3, 0.4) is 0 Å². The van der Waals surface area contributed by atoms with E-state index in [1.807, 2.05) is 54.6 Å². The molecule has 0 fully saturated rings. The van der Waals surface area contributed by atoms with Crippen molar-refractivity contribution >= 4 is 23.0 Å². The zero-order valence-electron chi connectivity index (χ0n) is 13.8. The number of carboxylic acid groups (broad SMARTS) is 1. The Morgan fingerprint density at radius 3 is 2.08 bits per heavy atom. The summed E-state index contributed by atoms with van der Waals surface area (Å²) in [7, 11) is 0. The lowest BCUT2D eigenvalue weighted by molar-refractivity contribution is -0.132. The lowest BCUT2D eigenvalue weighted by Crippen LogP contribution is -2.13. The van der Waals surface area contributed by atoms with E-state index < -0.39 is 12.1 Å². The molecule has 0 heterocycles. The first kappa shape index (κ1) is 17.6. The van der Waals surface area contributed by atoms with E-state index in [2.05, 4.69) is 10.6 Å². The van der Waals surface area contributed by atoms with E-state index in [-0.39, 0.29) is 12.0 Å². The second kappa shape index (κ2) is 8.17. The van der Waals surface area contributed by atoms with Crippen molar-refractivity contribution in [3.8, 4) is 0 Å². The summed E-state index contributed by atoms with van der Waals surface area (Å²) in [5.74, 6) is -1.000. The summed E-state index contributed by atoms with van der Waals surface area (Å²) in [4.78, 5) is 11.2. The number of hydrogen-bond acceptors (Lipinski definition) is 4. The summed E-state index contributed by atoms with van der Waals surface area (Å²) in [6.07, 6.45) is -0.372. The summed E-state index contributed by atoms with van der Waals surface area (Å²) in [6, 6.07) is 17.4. The fourth-order valence-corrected chi connectivity index (χ4v) is 2.22. The molecule has 1 atom stereocenters. The van der Waals surface area contributed by atoms with Crippen LogP contribution < -0.4 is 10.6 Å². The molecule has 0 amide bonds. The zero-order chi connectivity index (χ0) is 17.5. The van der Waals surface area contributed by atoms with Crippen molar-refractivity contribution in [3.63, 3.8) is 0 Å². The van der Waals surface area contributed by atoms with Crippen LogP contribution in [0.25, 0.3) is 0 Å². The van der Waals surface area contributed by atoms with Crippen molar-refractivity contribution in [2.75, 3.05) is 10.6 Å². The van der Waals surface area contributed by atoms with Crippen LogP contribution >= 0.6 is 0 Å². The topological polar surface area (TPSA) is 81.6 Å². The number of anilines is 3. The van der Waals surface area contributed by atoms with Gasteiger partial charge in [0.1, 0.15) is 0 Å². The summed E-state index contributed by atoms with van der Waals surface area (Å²) in [6.45, 7) is 3.15. The second-order valence-electron chi connectivity index (χ2n) is 5.66. The van der Waals surface area contributed by atoms with Gasteiger partial charge in [0, 0.05) is 29.2 Å². The Hall–Kier alpha value is -2.79. The van der Waals surface area contributed by atoms with Gasteiger partial charge in [0.2, 0.25) is 0 Å². The van der Waals surface area contributed by atoms with Gasteiger partial charge in [0.15, 0.2) is 0 Å². The molecule has 4 N–H and O–H groups in total. The molecule has 0 bridgehead atoms. The zero-order valence-corrected chi connectivity index (χ0v) is 13.8. The molecule has 0 saturated carbocycles. The van der Waals surface area contributed by atoms with Crippen LogP contribution in [0, 0.1) is 0 Å². The van der Waals surface area contributed by atoms with Crippen LogP contribution in [-0.2, 0) is 4.79 Å². The molecule has 2 aromatic carbocycles. The summed E-state index contributed by atoms with van der Waals surface area (Å²) < 4.78 is 0. The van der Waals surface area contributed by atoms with Gasteiger partial charge >= 0.3 is 5.97 Å². The highest BCUT2D eigenvalue weighted by Crippen LogP contribution is 2.21. The first-order valence-corrected chi connectivity index (χ1v) is 7.76. The van der Waals surface area contributed by atoms with Crippen molar-refractivity contribution in [2.45, 2.75) is 26.4 Å². The van der Waals surface area contributed by atoms with Gasteiger partial charge < -0.3 is 20.8 Å². The van der Waals surface area contributed by atoms with E-state index in [1.165, 1.54) is 6.92 Å². The van der Waals surface area contributed by atoms with Crippen molar-refractivity contribution in [2.24, 2.45) is 0 Å². The van der Waals surface area contributed by atoms with Gasteiger partial charge in [0.05, 0.1) is 11.7 Å². The van der Waals surface area contributed by atoms with Gasteiger partial charge in [-0.2, -0.15) is 0 Å². The number of rotatable bonds is 7. The fraction of sp³-hybridized carbons (Fsp3) is 0.211. The maximum absolute atomic E-state index is 11.2. The lowest BCUT2D eigenvalue weighted by atomic mass is 10.1. The highest BCUT2D eigenvalue weighted by molar-refractivity contribution is 5.87. The Morgan fingerprint density at radius 2 is 1.54 bits per heavy atom. The number of carboxylic acids is 1. The quantitative estimate of drug-likeness (QED) is 0.579. The van der Waals surface area contributed by atoms with Crippen molar-refractivity contribution < 1.29 is 15.0 Å². The first-order valence-electron chi connectivity index (χ1n) is 7.76. The number of benzene rings is 2. The van der Waals surface area contributed by atoms with E-state index in [0.717, 1.165) is 17.1 Å². The van der Waals surface area contributed by atoms with E-state index in [4.69, 9.17) is 5.11 Å². The number of para-hydroxylation sites is 1. The van der Waals surface area contributed by atoms with Crippen LogP contribution in [0.15, 0.2) is 65.9 Å². The fourth-order valence-electron chi connectivity index (χ4n) is 2.22. The standard InChI is InChI=1S/C19H22N2O3/c1-13(22)12-18(14(2)19(23)24)21-17-10-8-16(9-11-17)20-15-6-4-3-5-7-15/h3-11,13,20-22H,12H2,1-2H3,(H,23,24). The molecule has 1 unspecified atom stereocenters. The Labute approximate surface area is 141 Å². The predicted octanol–water partition coefficient (Wildman–Crippen LogP) is 3.97. The molecule has 126 valence electrons. The minimum absolute atomic E-state index is 0.197. The average Bonchev–Trinajstić information content (AvgIpc) is 2.56. The maximum Gasteiger partial charge on any atom is 0.333 e. The Bertz CT molecular complexity index is 707. The highest BCUT2D eigenvalue weighted by atomic mass is 16.4. The number of hydrogen-bond donors (Lipinski definition) is 4. The van der Waals surface area contributed by atoms with Crippen LogP contribution in [0.5, 0.6) is 0 Å². The Balaban J connectivity index is 2.11. The van der Waals surface area contributed by atoms with Crippen LogP contribution in [0.4, 0.5) is 17.1 Å². The second-order valence-corrected chi connectivity index (χ2v) is 5.66. The summed E-state index contributed by atoms with van der Waals surface area (Å²) in [5.41, 5.74) is 3.39. The van der Waals surface area contributed by atoms with Gasteiger partial charge in [0.25, 0.3) is 0 Å². The number of aliphatic hydroxyl groups is 1. The third-order valence-electron chi connectivity index (χ3n) is 3.52. The number of nitrogens with one attached hydrogen (secondary N) is 2. The van der Waals surface area contributed by atoms with Crippen LogP contribution in [0.1, 0.15) is 20.3 Å². The maximum atomic E-state index is 11.2. The molecule has 0 saturated heterocycles. The molecule has 0 aliphatic carbocycles. The van der Waals surface area contributed by atoms with Crippen molar-refractivity contribution in [1.82, 2.24) is 0 Å². The number of carbonyl (C=O) groups is 1. The van der Waals surface area contributed by atoms with Gasteiger partial charge in [-0.25, -0.2) is 4.79 Å². The summed E-state index contributed by atoms with van der Waals surface area (Å²) in [5, 5.41) is 25.1. The average molecular weight is 326 g/mol. The predicted molar refractivity (Wildman–Crippen MR) is 96.4 cm³/mol. The van der Waals surface area contributed by atoms with E-state index in [0.29, 0.717) is 5.70 Å². The molecule has 5 nitrogen and oxygen atoms in total. The largest absolute Gasteiger partial charge is 0.478 e. The molecule has 0 aliphatic heterocycles. The van der Waals surface area contributed by atoms with Crippen LogP contribution in [0.2, 0.25) is 0 Å². The van der Waals surface area contributed by atoms with Gasteiger partial charge in [-0.3, -0.25) is 0 Å². The Kier molecular flexibility index (Phi) is 5.98. The van der Waals surface area contributed by atoms with Gasteiger partial charge in [-0.15, -0.1) is 0 Å². The highest BCUT2D eigenvalue weighted by Gasteiger charge is 2.12. The SMILES string of the molecule is CC(C(=O)O)=C(CC(C)O)Nc1ccc(Nc2ccccc2)cc1. The molecule has 2 aromatic rings. The minimum Gasteiger partial charge on any atom is -0.478 e. The number of aliphatic hydroxyl groups excluding tert-OH is 1. The third-order valence-corrected chi connectivity index (χ3v) is 3.52. The first-order chi connectivity index (χ1) is 11.5. The van der Waals surface area contributed by atoms with Crippen LogP contribution in [-0.4, -0.2) is 22.3 Å². The monoisotopic (exact) mass is 326 g/mol. The molecule has 24 heavy (non-hydrogen) atoms. The Morgan fingerprint density at radius 1 is 1.00 bits per heavy atom. The molecule has 0 spiro atoms. The minimum atomic E-state index is -1.000. The van der Waals surface area contributed by atoms with E-state index >= 15 is 0 Å². The normalized spacial score (nSPS) is 13.0. The smallest absolute Gasteiger partial charge is 0.333 e. The molecule has 5 heteroatoms. The van der Waals surface area contributed by atoms with Gasteiger partial charge in [-0.05, 0) is 50.2 Å². The molecule has 0 aromatic heterocycles. The lowest BCUT2D eigenvalue weighted by Gasteiger charge is -2.15. The molecule has 2 rings (SSSR count). The van der Waals surface area contributed by atoms with E-state index in [1.54, 1.807) is 6.92 Å². The van der Waals surface area contributed by atoms with E-state index in [9.17, 15) is 9.90 Å². The number of aliphatic carboxylic acids is 1. The molecular formula is C19H22N2O3. The van der Waals surface area contributed by atoms with Crippen molar-refractivity contribution in [3.05, 3.63) is 65.9 Å². The van der Waals surface area contributed by atoms with Gasteiger partial charge in [-0.1, -0.05) is 18.2 Å². The van der Waals surface area contributed by atoms with Crippen molar-refractivity contribution in [1.29, 1.82) is 0 Å². The molecule has 0 radical (unpaired) electrons. The molecular weight excluding hydrogens is 304 g/mol.